The summed E-state index contributed by atoms with van der Waals surface area (Å²) in [6, 6.07) is 0. The molecule has 2 aliphatic rings. The molecule has 0 amide bonds. The molecule has 0 atom stereocenters. The zero-order valence-corrected chi connectivity index (χ0v) is 11.6. The minimum Gasteiger partial charge on any atom is -0.360 e. The summed E-state index contributed by atoms with van der Waals surface area (Å²) in [5.74, 6) is 1.54. The first-order chi connectivity index (χ1) is 8.21. The Bertz CT molecular complexity index is 262. The van der Waals surface area contributed by atoms with E-state index in [-0.39, 0.29) is 0 Å². The van der Waals surface area contributed by atoms with Crippen LogP contribution in [-0.4, -0.2) is 23.8 Å². The standard InChI is InChI=1S/C15H28N2/c1-3-15(4-2)10-11-17(12-15)14(16)13-8-6-5-7-9-13/h13,16H,3-12H2,1-2H3. The molecule has 0 spiro atoms. The molecule has 0 unspecified atom stereocenters. The maximum Gasteiger partial charge on any atom is 0.0989 e. The quantitative estimate of drug-likeness (QED) is 0.581. The van der Waals surface area contributed by atoms with E-state index in [0.29, 0.717) is 11.3 Å². The van der Waals surface area contributed by atoms with Gasteiger partial charge in [0.15, 0.2) is 0 Å². The monoisotopic (exact) mass is 236 g/mol. The Morgan fingerprint density at radius 2 is 1.82 bits per heavy atom. The molecule has 1 heterocycles. The van der Waals surface area contributed by atoms with Gasteiger partial charge in [-0.1, -0.05) is 33.1 Å². The summed E-state index contributed by atoms with van der Waals surface area (Å²) < 4.78 is 0. The maximum absolute atomic E-state index is 8.43. The second-order valence-corrected chi connectivity index (χ2v) is 6.10. The van der Waals surface area contributed by atoms with E-state index in [2.05, 4.69) is 18.7 Å². The summed E-state index contributed by atoms with van der Waals surface area (Å²) in [6.45, 7) is 6.92. The van der Waals surface area contributed by atoms with E-state index >= 15 is 0 Å². The van der Waals surface area contributed by atoms with Gasteiger partial charge in [0.2, 0.25) is 0 Å². The normalized spacial score (nSPS) is 25.2. The van der Waals surface area contributed by atoms with Crippen molar-refractivity contribution in [3.8, 4) is 0 Å². The van der Waals surface area contributed by atoms with Crippen molar-refractivity contribution in [2.24, 2.45) is 11.3 Å². The second kappa shape index (κ2) is 5.41. The number of nitrogens with zero attached hydrogens (tertiary/aromatic N) is 1. The molecular weight excluding hydrogens is 208 g/mol. The first-order valence-corrected chi connectivity index (χ1v) is 7.54. The largest absolute Gasteiger partial charge is 0.360 e. The molecule has 2 heteroatoms. The van der Waals surface area contributed by atoms with Crippen molar-refractivity contribution in [1.29, 1.82) is 5.41 Å². The summed E-state index contributed by atoms with van der Waals surface area (Å²) in [6.07, 6.45) is 10.4. The van der Waals surface area contributed by atoms with E-state index in [1.165, 1.54) is 51.4 Å². The van der Waals surface area contributed by atoms with Crippen LogP contribution in [0, 0.1) is 16.7 Å². The molecule has 1 saturated carbocycles. The zero-order valence-electron chi connectivity index (χ0n) is 11.6. The summed E-state index contributed by atoms with van der Waals surface area (Å²) in [5, 5.41) is 8.43. The minimum atomic E-state index is 0.515. The number of amidine groups is 1. The molecule has 1 N–H and O–H groups in total. The van der Waals surface area contributed by atoms with Crippen LogP contribution in [-0.2, 0) is 0 Å². The Balaban J connectivity index is 1.93. The Morgan fingerprint density at radius 3 is 2.35 bits per heavy atom. The fourth-order valence-electron chi connectivity index (χ4n) is 3.60. The highest BCUT2D eigenvalue weighted by Gasteiger charge is 2.37. The fraction of sp³-hybridized carbons (Fsp3) is 0.933. The van der Waals surface area contributed by atoms with E-state index in [0.717, 1.165) is 18.9 Å². The lowest BCUT2D eigenvalue weighted by molar-refractivity contribution is 0.272. The van der Waals surface area contributed by atoms with Crippen molar-refractivity contribution in [3.63, 3.8) is 0 Å². The van der Waals surface area contributed by atoms with Gasteiger partial charge >= 0.3 is 0 Å². The Morgan fingerprint density at radius 1 is 1.18 bits per heavy atom. The number of rotatable bonds is 3. The van der Waals surface area contributed by atoms with Gasteiger partial charge in [0.25, 0.3) is 0 Å². The molecule has 0 aromatic rings. The third kappa shape index (κ3) is 2.66. The van der Waals surface area contributed by atoms with Gasteiger partial charge in [-0.25, -0.2) is 0 Å². The van der Waals surface area contributed by atoms with Gasteiger partial charge in [0.05, 0.1) is 5.84 Å². The minimum absolute atomic E-state index is 0.515. The van der Waals surface area contributed by atoms with Crippen LogP contribution >= 0.6 is 0 Å². The number of hydrogen-bond donors (Lipinski definition) is 1. The zero-order chi connectivity index (χ0) is 12.3. The molecule has 0 bridgehead atoms. The van der Waals surface area contributed by atoms with Crippen LogP contribution in [0.5, 0.6) is 0 Å². The third-order valence-corrected chi connectivity index (χ3v) is 5.27. The highest BCUT2D eigenvalue weighted by molar-refractivity contribution is 5.82. The van der Waals surface area contributed by atoms with Crippen LogP contribution in [0.1, 0.15) is 65.2 Å². The van der Waals surface area contributed by atoms with Gasteiger partial charge in [0, 0.05) is 19.0 Å². The van der Waals surface area contributed by atoms with Gasteiger partial charge in [-0.2, -0.15) is 0 Å². The lowest BCUT2D eigenvalue weighted by atomic mass is 9.82. The fourth-order valence-corrected chi connectivity index (χ4v) is 3.60. The molecule has 2 fully saturated rings. The molecule has 0 radical (unpaired) electrons. The molecular formula is C15H28N2. The maximum atomic E-state index is 8.43. The Kier molecular flexibility index (Phi) is 4.11. The number of hydrogen-bond acceptors (Lipinski definition) is 1. The molecule has 0 aromatic heterocycles. The van der Waals surface area contributed by atoms with E-state index < -0.39 is 0 Å². The van der Waals surface area contributed by atoms with Crippen LogP contribution in [0.15, 0.2) is 0 Å². The van der Waals surface area contributed by atoms with Crippen molar-refractivity contribution >= 4 is 5.84 Å². The van der Waals surface area contributed by atoms with Crippen molar-refractivity contribution in [2.75, 3.05) is 13.1 Å². The molecule has 1 aliphatic heterocycles. The predicted octanol–water partition coefficient (Wildman–Crippen LogP) is 4.06. The second-order valence-electron chi connectivity index (χ2n) is 6.10. The summed E-state index contributed by atoms with van der Waals surface area (Å²) in [7, 11) is 0. The van der Waals surface area contributed by atoms with E-state index in [4.69, 9.17) is 5.41 Å². The first-order valence-electron chi connectivity index (χ1n) is 7.54. The third-order valence-electron chi connectivity index (χ3n) is 5.27. The van der Waals surface area contributed by atoms with Gasteiger partial charge < -0.3 is 4.90 Å². The SMILES string of the molecule is CCC1(CC)CCN(C(=N)C2CCCCC2)C1. The molecule has 98 valence electrons. The predicted molar refractivity (Wildman–Crippen MR) is 73.5 cm³/mol. The molecule has 1 aliphatic carbocycles. The number of likely N-dealkylation sites (tertiary alicyclic amines) is 1. The Hall–Kier alpha value is -0.530. The van der Waals surface area contributed by atoms with Crippen LogP contribution in [0.3, 0.4) is 0 Å². The first kappa shape index (κ1) is 12.9. The summed E-state index contributed by atoms with van der Waals surface area (Å²) in [5.41, 5.74) is 0.515. The molecule has 2 rings (SSSR count). The van der Waals surface area contributed by atoms with Crippen molar-refractivity contribution in [2.45, 2.75) is 65.2 Å². The highest BCUT2D eigenvalue weighted by atomic mass is 15.2. The van der Waals surface area contributed by atoms with Crippen LogP contribution in [0.25, 0.3) is 0 Å². The van der Waals surface area contributed by atoms with Gasteiger partial charge in [-0.05, 0) is 37.5 Å². The molecule has 1 saturated heterocycles. The highest BCUT2D eigenvalue weighted by Crippen LogP contribution is 2.38. The van der Waals surface area contributed by atoms with Crippen molar-refractivity contribution < 1.29 is 0 Å². The van der Waals surface area contributed by atoms with Crippen LogP contribution in [0.4, 0.5) is 0 Å². The van der Waals surface area contributed by atoms with Gasteiger partial charge in [0.1, 0.15) is 0 Å². The number of nitrogens with one attached hydrogen (secondary N) is 1. The Labute approximate surface area is 106 Å². The molecule has 0 aromatic carbocycles. The van der Waals surface area contributed by atoms with Gasteiger partial charge in [-0.3, -0.25) is 5.41 Å². The van der Waals surface area contributed by atoms with E-state index in [9.17, 15) is 0 Å². The van der Waals surface area contributed by atoms with E-state index in [1.807, 2.05) is 0 Å². The van der Waals surface area contributed by atoms with Crippen LogP contribution < -0.4 is 0 Å². The lowest BCUT2D eigenvalue weighted by Gasteiger charge is -2.31. The summed E-state index contributed by atoms with van der Waals surface area (Å²) in [4.78, 5) is 2.39. The van der Waals surface area contributed by atoms with Crippen molar-refractivity contribution in [3.05, 3.63) is 0 Å². The van der Waals surface area contributed by atoms with Crippen molar-refractivity contribution in [1.82, 2.24) is 4.90 Å². The summed E-state index contributed by atoms with van der Waals surface area (Å²) >= 11 is 0. The smallest absolute Gasteiger partial charge is 0.0989 e. The van der Waals surface area contributed by atoms with Gasteiger partial charge in [-0.15, -0.1) is 0 Å². The molecule has 17 heavy (non-hydrogen) atoms. The molecule has 2 nitrogen and oxygen atoms in total. The topological polar surface area (TPSA) is 27.1 Å². The lowest BCUT2D eigenvalue weighted by Crippen LogP contribution is -2.36. The van der Waals surface area contributed by atoms with Crippen LogP contribution in [0.2, 0.25) is 0 Å². The average molecular weight is 236 g/mol. The average Bonchev–Trinajstić information content (AvgIpc) is 2.84. The van der Waals surface area contributed by atoms with E-state index in [1.54, 1.807) is 0 Å².